The Morgan fingerprint density at radius 1 is 0.810 bits per heavy atom. The second-order valence-electron chi connectivity index (χ2n) is 4.85. The molecular weight excluding hydrogens is 258 g/mol. The van der Waals surface area contributed by atoms with E-state index in [1.165, 1.54) is 10.9 Å². The van der Waals surface area contributed by atoms with E-state index in [4.69, 9.17) is 0 Å². The van der Waals surface area contributed by atoms with Crippen LogP contribution in [0.25, 0.3) is 27.8 Å². The van der Waals surface area contributed by atoms with Crippen molar-refractivity contribution in [3.8, 4) is 16.9 Å². The summed E-state index contributed by atoms with van der Waals surface area (Å²) in [6.07, 6.45) is 7.56. The van der Waals surface area contributed by atoms with Gasteiger partial charge in [-0.05, 0) is 35.9 Å². The van der Waals surface area contributed by atoms with Crippen LogP contribution in [0, 0.1) is 0 Å². The van der Waals surface area contributed by atoms with Gasteiger partial charge in [-0.15, -0.1) is 0 Å². The largest absolute Gasteiger partial charge is 0.301 e. The number of pyridine rings is 2. The van der Waals surface area contributed by atoms with E-state index in [2.05, 4.69) is 51.1 Å². The van der Waals surface area contributed by atoms with Crippen molar-refractivity contribution in [3.05, 3.63) is 79.4 Å². The van der Waals surface area contributed by atoms with Crippen LogP contribution in [0.4, 0.5) is 0 Å². The highest BCUT2D eigenvalue weighted by molar-refractivity contribution is 5.96. The Balaban J connectivity index is 1.96. The first-order valence-corrected chi connectivity index (χ1v) is 6.85. The maximum Gasteiger partial charge on any atom is 0.137 e. The normalized spacial score (nSPS) is 10.9. The van der Waals surface area contributed by atoms with Crippen LogP contribution in [0.2, 0.25) is 0 Å². The van der Waals surface area contributed by atoms with Gasteiger partial charge in [-0.3, -0.25) is 4.98 Å². The van der Waals surface area contributed by atoms with Crippen LogP contribution in [-0.2, 0) is 0 Å². The second-order valence-corrected chi connectivity index (χ2v) is 4.85. The van der Waals surface area contributed by atoms with E-state index in [0.29, 0.717) is 0 Å². The number of hydrogen-bond acceptors (Lipinski definition) is 2. The average Bonchev–Trinajstić information content (AvgIpc) is 3.00. The SMILES string of the molecule is c1ccc(-n2ccc3c(-c4cccnc4)cccc32)nc1. The molecule has 4 rings (SSSR count). The van der Waals surface area contributed by atoms with Gasteiger partial charge in [0.25, 0.3) is 0 Å². The molecule has 0 atom stereocenters. The lowest BCUT2D eigenvalue weighted by Gasteiger charge is -2.06. The number of hydrogen-bond donors (Lipinski definition) is 0. The van der Waals surface area contributed by atoms with Gasteiger partial charge >= 0.3 is 0 Å². The fourth-order valence-corrected chi connectivity index (χ4v) is 2.64. The predicted molar refractivity (Wildman–Crippen MR) is 84.3 cm³/mol. The van der Waals surface area contributed by atoms with Gasteiger partial charge in [0.15, 0.2) is 0 Å². The van der Waals surface area contributed by atoms with Crippen molar-refractivity contribution in [2.75, 3.05) is 0 Å². The predicted octanol–water partition coefficient (Wildman–Crippen LogP) is 4.09. The van der Waals surface area contributed by atoms with Crippen molar-refractivity contribution in [1.82, 2.24) is 14.5 Å². The Hall–Kier alpha value is -2.94. The maximum absolute atomic E-state index is 4.42. The molecule has 3 heteroatoms. The zero-order valence-electron chi connectivity index (χ0n) is 11.3. The van der Waals surface area contributed by atoms with Crippen molar-refractivity contribution in [2.24, 2.45) is 0 Å². The van der Waals surface area contributed by atoms with E-state index in [9.17, 15) is 0 Å². The van der Waals surface area contributed by atoms with Crippen LogP contribution in [0.1, 0.15) is 0 Å². The molecule has 0 aliphatic carbocycles. The minimum atomic E-state index is 0.927. The summed E-state index contributed by atoms with van der Waals surface area (Å²) >= 11 is 0. The quantitative estimate of drug-likeness (QED) is 0.550. The average molecular weight is 271 g/mol. The van der Waals surface area contributed by atoms with Crippen LogP contribution in [0.15, 0.2) is 79.4 Å². The Bertz CT molecular complexity index is 880. The Morgan fingerprint density at radius 3 is 2.62 bits per heavy atom. The summed E-state index contributed by atoms with van der Waals surface area (Å²) < 4.78 is 2.11. The van der Waals surface area contributed by atoms with Crippen molar-refractivity contribution in [1.29, 1.82) is 0 Å². The summed E-state index contributed by atoms with van der Waals surface area (Å²) in [6, 6.07) is 18.4. The first kappa shape index (κ1) is 11.9. The van der Waals surface area contributed by atoms with Crippen molar-refractivity contribution < 1.29 is 0 Å². The molecular formula is C18H13N3. The number of rotatable bonds is 2. The first-order valence-electron chi connectivity index (χ1n) is 6.85. The van der Waals surface area contributed by atoms with E-state index in [0.717, 1.165) is 16.9 Å². The fraction of sp³-hybridized carbons (Fsp3) is 0. The third-order valence-electron chi connectivity index (χ3n) is 3.60. The van der Waals surface area contributed by atoms with E-state index < -0.39 is 0 Å². The van der Waals surface area contributed by atoms with E-state index in [1.54, 1.807) is 6.20 Å². The van der Waals surface area contributed by atoms with Crippen LogP contribution >= 0.6 is 0 Å². The summed E-state index contributed by atoms with van der Waals surface area (Å²) in [6.45, 7) is 0. The molecule has 0 radical (unpaired) electrons. The molecule has 21 heavy (non-hydrogen) atoms. The lowest BCUT2D eigenvalue weighted by Crippen LogP contribution is -1.94. The molecule has 100 valence electrons. The molecule has 3 heterocycles. The molecule has 0 unspecified atom stereocenters. The summed E-state index contributed by atoms with van der Waals surface area (Å²) in [5.41, 5.74) is 3.47. The Morgan fingerprint density at radius 2 is 1.81 bits per heavy atom. The van der Waals surface area contributed by atoms with Gasteiger partial charge in [0.1, 0.15) is 5.82 Å². The summed E-state index contributed by atoms with van der Waals surface area (Å²) in [5.74, 6) is 0.927. The van der Waals surface area contributed by atoms with Gasteiger partial charge < -0.3 is 4.57 Å². The summed E-state index contributed by atoms with van der Waals surface area (Å²) in [7, 11) is 0. The smallest absolute Gasteiger partial charge is 0.137 e. The molecule has 1 aromatic carbocycles. The molecule has 3 aromatic heterocycles. The fourth-order valence-electron chi connectivity index (χ4n) is 2.64. The molecule has 0 aliphatic rings. The highest BCUT2D eigenvalue weighted by atomic mass is 15.0. The number of nitrogens with zero attached hydrogens (tertiary/aromatic N) is 3. The molecule has 0 spiro atoms. The van der Waals surface area contributed by atoms with Crippen LogP contribution in [-0.4, -0.2) is 14.5 Å². The standard InChI is InChI=1S/C18H13N3/c1-2-11-20-18(8-1)21-12-9-16-15(6-3-7-17(16)21)14-5-4-10-19-13-14/h1-13H. The Kier molecular flexibility index (Phi) is 2.75. The monoisotopic (exact) mass is 271 g/mol. The number of benzene rings is 1. The summed E-state index contributed by atoms with van der Waals surface area (Å²) in [4.78, 5) is 8.64. The lowest BCUT2D eigenvalue weighted by molar-refractivity contribution is 1.04. The zero-order chi connectivity index (χ0) is 14.1. The molecule has 0 saturated carbocycles. The lowest BCUT2D eigenvalue weighted by atomic mass is 10.0. The van der Waals surface area contributed by atoms with Crippen LogP contribution < -0.4 is 0 Å². The van der Waals surface area contributed by atoms with Gasteiger partial charge in [-0.25, -0.2) is 4.98 Å². The van der Waals surface area contributed by atoms with Crippen molar-refractivity contribution >= 4 is 10.9 Å². The molecule has 0 saturated heterocycles. The molecule has 0 aliphatic heterocycles. The van der Waals surface area contributed by atoms with Gasteiger partial charge in [-0.1, -0.05) is 24.3 Å². The van der Waals surface area contributed by atoms with Crippen LogP contribution in [0.5, 0.6) is 0 Å². The third-order valence-corrected chi connectivity index (χ3v) is 3.60. The zero-order valence-corrected chi connectivity index (χ0v) is 11.3. The number of fused-ring (bicyclic) bond motifs is 1. The highest BCUT2D eigenvalue weighted by Crippen LogP contribution is 2.29. The maximum atomic E-state index is 4.42. The molecule has 0 fully saturated rings. The molecule has 0 bridgehead atoms. The van der Waals surface area contributed by atoms with E-state index >= 15 is 0 Å². The molecule has 0 N–H and O–H groups in total. The number of aromatic nitrogens is 3. The van der Waals surface area contributed by atoms with Gasteiger partial charge in [-0.2, -0.15) is 0 Å². The van der Waals surface area contributed by atoms with Gasteiger partial charge in [0.2, 0.25) is 0 Å². The first-order chi connectivity index (χ1) is 10.4. The minimum absolute atomic E-state index is 0.927. The van der Waals surface area contributed by atoms with Gasteiger partial charge in [0.05, 0.1) is 5.52 Å². The van der Waals surface area contributed by atoms with E-state index in [-0.39, 0.29) is 0 Å². The molecule has 3 nitrogen and oxygen atoms in total. The van der Waals surface area contributed by atoms with Crippen molar-refractivity contribution in [2.45, 2.75) is 0 Å². The Labute approximate surface area is 122 Å². The highest BCUT2D eigenvalue weighted by Gasteiger charge is 2.08. The summed E-state index contributed by atoms with van der Waals surface area (Å²) in [5, 5.41) is 1.20. The second kappa shape index (κ2) is 4.87. The third kappa shape index (κ3) is 1.99. The van der Waals surface area contributed by atoms with E-state index in [1.807, 2.05) is 36.7 Å². The topological polar surface area (TPSA) is 30.7 Å². The van der Waals surface area contributed by atoms with Crippen molar-refractivity contribution in [3.63, 3.8) is 0 Å². The van der Waals surface area contributed by atoms with Gasteiger partial charge in [0, 0.05) is 35.7 Å². The van der Waals surface area contributed by atoms with Crippen LogP contribution in [0.3, 0.4) is 0 Å². The molecule has 0 amide bonds. The molecule has 4 aromatic rings. The minimum Gasteiger partial charge on any atom is -0.301 e.